The fourth-order valence-corrected chi connectivity index (χ4v) is 8.06. The Balaban J connectivity index is 0.00000144. The van der Waals surface area contributed by atoms with Gasteiger partial charge < -0.3 is 0 Å². The molecule has 4 aliphatic carbocycles. The van der Waals surface area contributed by atoms with Crippen molar-refractivity contribution in [2.45, 2.75) is 91.4 Å². The zero-order valence-corrected chi connectivity index (χ0v) is 14.7. The van der Waals surface area contributed by atoms with Gasteiger partial charge in [0.1, 0.15) is 0 Å². The zero-order chi connectivity index (χ0) is 14.7. The van der Waals surface area contributed by atoms with E-state index in [1.807, 2.05) is 0 Å². The van der Waals surface area contributed by atoms with Crippen molar-refractivity contribution in [1.29, 1.82) is 0 Å². The molecule has 0 spiro atoms. The molecule has 0 nitrogen and oxygen atoms in total. The van der Waals surface area contributed by atoms with Crippen LogP contribution in [0.1, 0.15) is 92.8 Å². The second-order valence-electron chi connectivity index (χ2n) is 9.66. The van der Waals surface area contributed by atoms with E-state index >= 15 is 0 Å². The summed E-state index contributed by atoms with van der Waals surface area (Å²) < 4.78 is 0. The van der Waals surface area contributed by atoms with Crippen LogP contribution in [0.15, 0.2) is 0 Å². The molecular formula is C21H38. The maximum Gasteiger partial charge on any atom is 0 e. The van der Waals surface area contributed by atoms with Crippen molar-refractivity contribution in [1.82, 2.24) is 0 Å². The molecule has 0 saturated heterocycles. The van der Waals surface area contributed by atoms with Gasteiger partial charge in [-0.25, -0.2) is 0 Å². The lowest BCUT2D eigenvalue weighted by molar-refractivity contribution is -0.0855. The molecule has 0 N–H and O–H groups in total. The van der Waals surface area contributed by atoms with Gasteiger partial charge in [0, 0.05) is 1.43 Å². The van der Waals surface area contributed by atoms with Gasteiger partial charge in [-0.3, -0.25) is 0 Å². The summed E-state index contributed by atoms with van der Waals surface area (Å²) in [7, 11) is 0. The van der Waals surface area contributed by atoms with E-state index in [0.29, 0.717) is 0 Å². The molecule has 0 amide bonds. The highest BCUT2D eigenvalue weighted by molar-refractivity contribution is 5.09. The molecule has 0 aliphatic heterocycles. The first-order valence-corrected chi connectivity index (χ1v) is 10.1. The standard InChI is InChI=1S/C21H36.H2/c1-4-6-15-9-11-18-17-10-8-16-7-5-13-20(16,2)19(17)12-14-21(15,18)3;/h15-19H,4-14H2,1-3H3;1H. The molecule has 4 rings (SSSR count). The first-order valence-electron chi connectivity index (χ1n) is 10.1. The summed E-state index contributed by atoms with van der Waals surface area (Å²) in [5, 5.41) is 0. The third-order valence-electron chi connectivity index (χ3n) is 9.17. The lowest BCUT2D eigenvalue weighted by atomic mass is 9.47. The van der Waals surface area contributed by atoms with Crippen molar-refractivity contribution < 1.29 is 1.43 Å². The third kappa shape index (κ3) is 1.93. The van der Waals surface area contributed by atoms with Gasteiger partial charge in [0.25, 0.3) is 0 Å². The minimum absolute atomic E-state index is 0. The zero-order valence-electron chi connectivity index (χ0n) is 14.7. The second kappa shape index (κ2) is 5.00. The van der Waals surface area contributed by atoms with Crippen molar-refractivity contribution in [3.05, 3.63) is 0 Å². The van der Waals surface area contributed by atoms with Crippen LogP contribution in [0.25, 0.3) is 0 Å². The summed E-state index contributed by atoms with van der Waals surface area (Å²) >= 11 is 0. The Hall–Kier alpha value is 0. The Morgan fingerprint density at radius 2 is 1.67 bits per heavy atom. The summed E-state index contributed by atoms with van der Waals surface area (Å²) in [6.45, 7) is 7.79. The first-order chi connectivity index (χ1) is 10.1. The van der Waals surface area contributed by atoms with Crippen molar-refractivity contribution >= 4 is 0 Å². The molecule has 21 heavy (non-hydrogen) atoms. The van der Waals surface area contributed by atoms with Gasteiger partial charge >= 0.3 is 0 Å². The van der Waals surface area contributed by atoms with Crippen LogP contribution in [0, 0.1) is 40.4 Å². The minimum atomic E-state index is 0. The Morgan fingerprint density at radius 3 is 2.48 bits per heavy atom. The van der Waals surface area contributed by atoms with E-state index in [2.05, 4.69) is 20.8 Å². The van der Waals surface area contributed by atoms with Crippen LogP contribution in [0.3, 0.4) is 0 Å². The molecule has 0 bridgehead atoms. The van der Waals surface area contributed by atoms with Crippen molar-refractivity contribution in [2.24, 2.45) is 40.4 Å². The normalized spacial score (nSPS) is 55.9. The van der Waals surface area contributed by atoms with Crippen LogP contribution in [0.4, 0.5) is 0 Å². The Labute approximate surface area is 133 Å². The van der Waals surface area contributed by atoms with E-state index in [0.717, 1.165) is 40.4 Å². The number of hydrogen-bond acceptors (Lipinski definition) is 0. The molecule has 0 aromatic heterocycles. The van der Waals surface area contributed by atoms with Crippen LogP contribution >= 0.6 is 0 Å². The molecular weight excluding hydrogens is 252 g/mol. The third-order valence-corrected chi connectivity index (χ3v) is 9.17. The van der Waals surface area contributed by atoms with E-state index in [1.165, 1.54) is 19.3 Å². The van der Waals surface area contributed by atoms with E-state index < -0.39 is 0 Å². The predicted molar refractivity (Wildman–Crippen MR) is 92.2 cm³/mol. The smallest absolute Gasteiger partial charge is 0 e. The van der Waals surface area contributed by atoms with Gasteiger partial charge in [0.15, 0.2) is 0 Å². The highest BCUT2D eigenvalue weighted by Gasteiger charge is 2.59. The second-order valence-corrected chi connectivity index (χ2v) is 9.66. The summed E-state index contributed by atoms with van der Waals surface area (Å²) in [5.74, 6) is 5.44. The Morgan fingerprint density at radius 1 is 0.857 bits per heavy atom. The molecule has 7 atom stereocenters. The van der Waals surface area contributed by atoms with E-state index in [4.69, 9.17) is 0 Å². The molecule has 0 radical (unpaired) electrons. The van der Waals surface area contributed by atoms with E-state index in [9.17, 15) is 0 Å². The monoisotopic (exact) mass is 290 g/mol. The SMILES string of the molecule is CCCC1CCC2C3CCC4CCCC4(C)C3CCC12C.[HH]. The molecule has 0 aromatic carbocycles. The fraction of sp³-hybridized carbons (Fsp3) is 1.00. The van der Waals surface area contributed by atoms with Gasteiger partial charge in [-0.2, -0.15) is 0 Å². The highest BCUT2D eigenvalue weighted by atomic mass is 14.6. The van der Waals surface area contributed by atoms with Gasteiger partial charge in [0.05, 0.1) is 0 Å². The van der Waals surface area contributed by atoms with Crippen molar-refractivity contribution in [3.8, 4) is 0 Å². The minimum Gasteiger partial charge on any atom is -0.0654 e. The number of fused-ring (bicyclic) bond motifs is 5. The Kier molecular flexibility index (Phi) is 3.47. The van der Waals surface area contributed by atoms with E-state index in [-0.39, 0.29) is 1.43 Å². The van der Waals surface area contributed by atoms with Crippen molar-refractivity contribution in [3.63, 3.8) is 0 Å². The van der Waals surface area contributed by atoms with Crippen LogP contribution < -0.4 is 0 Å². The number of hydrogen-bond donors (Lipinski definition) is 0. The topological polar surface area (TPSA) is 0 Å². The maximum absolute atomic E-state index is 2.70. The van der Waals surface area contributed by atoms with Crippen LogP contribution in [-0.2, 0) is 0 Å². The largest absolute Gasteiger partial charge is 0.0654 e. The average molecular weight is 291 g/mol. The first kappa shape index (κ1) is 14.6. The van der Waals surface area contributed by atoms with Crippen molar-refractivity contribution in [2.75, 3.05) is 0 Å². The highest BCUT2D eigenvalue weighted by Crippen LogP contribution is 2.68. The predicted octanol–water partition coefficient (Wildman–Crippen LogP) is 6.69. The molecule has 0 heteroatoms. The van der Waals surface area contributed by atoms with Crippen LogP contribution in [0.5, 0.6) is 0 Å². The lowest BCUT2D eigenvalue weighted by Gasteiger charge is -2.57. The molecule has 4 saturated carbocycles. The summed E-state index contributed by atoms with van der Waals surface area (Å²) in [6, 6.07) is 0. The lowest BCUT2D eigenvalue weighted by Crippen LogP contribution is -2.50. The quantitative estimate of drug-likeness (QED) is 0.531. The van der Waals surface area contributed by atoms with E-state index in [1.54, 1.807) is 51.4 Å². The van der Waals surface area contributed by atoms with Gasteiger partial charge in [0.2, 0.25) is 0 Å². The number of rotatable bonds is 2. The van der Waals surface area contributed by atoms with Crippen LogP contribution in [-0.4, -0.2) is 0 Å². The molecule has 4 fully saturated rings. The summed E-state index contributed by atoms with van der Waals surface area (Å²) in [5.41, 5.74) is 1.46. The average Bonchev–Trinajstić information content (AvgIpc) is 3.00. The summed E-state index contributed by atoms with van der Waals surface area (Å²) in [4.78, 5) is 0. The molecule has 0 aromatic rings. The maximum atomic E-state index is 2.70. The molecule has 7 unspecified atom stereocenters. The van der Waals surface area contributed by atoms with Gasteiger partial charge in [-0.1, -0.05) is 40.0 Å². The molecule has 0 heterocycles. The Bertz CT molecular complexity index is 405. The van der Waals surface area contributed by atoms with Crippen LogP contribution in [0.2, 0.25) is 0 Å². The molecule has 122 valence electrons. The fourth-order valence-electron chi connectivity index (χ4n) is 8.06. The van der Waals surface area contributed by atoms with Gasteiger partial charge in [-0.15, -0.1) is 0 Å². The molecule has 4 aliphatic rings. The van der Waals surface area contributed by atoms with Gasteiger partial charge in [-0.05, 0) is 91.8 Å². The summed E-state index contributed by atoms with van der Waals surface area (Å²) in [6.07, 6.45) is 17.0.